The normalized spacial score (nSPS) is 14.0. The lowest BCUT2D eigenvalue weighted by molar-refractivity contribution is 0.585. The van der Waals surface area contributed by atoms with Crippen LogP contribution in [0.15, 0.2) is 97.1 Å². The molecule has 5 aromatic carbocycles. The van der Waals surface area contributed by atoms with Crippen LogP contribution in [-0.4, -0.2) is 6.92 Å². The van der Waals surface area contributed by atoms with Gasteiger partial charge in [-0.15, -0.1) is 11.3 Å². The largest absolute Gasteiger partial charge is 0.551 e. The number of benzene rings is 5. The van der Waals surface area contributed by atoms with E-state index in [9.17, 15) is 0 Å². The molecule has 0 saturated carbocycles. The van der Waals surface area contributed by atoms with Crippen LogP contribution in [0.1, 0.15) is 52.7 Å². The smallest absolute Gasteiger partial charge is 0.431 e. The number of thiophene rings is 1. The Bertz CT molecular complexity index is 2040. The van der Waals surface area contributed by atoms with E-state index in [4.69, 9.17) is 4.65 Å². The predicted octanol–water partition coefficient (Wildman–Crippen LogP) is 9.60. The second kappa shape index (κ2) is 8.75. The molecular formula is C38H34BNOS. The molecule has 0 N–H and O–H groups in total. The molecular weight excluding hydrogens is 529 g/mol. The minimum absolute atomic E-state index is 0.0252. The number of anilines is 3. The highest BCUT2D eigenvalue weighted by molar-refractivity contribution is 7.26. The zero-order valence-electron chi connectivity index (χ0n) is 25.1. The summed E-state index contributed by atoms with van der Waals surface area (Å²) in [5.74, 6) is 0.955. The Morgan fingerprint density at radius 1 is 0.667 bits per heavy atom. The van der Waals surface area contributed by atoms with Gasteiger partial charge in [0.2, 0.25) is 0 Å². The fraction of sp³-hybridized carbons (Fsp3) is 0.211. The molecule has 0 atom stereocenters. The summed E-state index contributed by atoms with van der Waals surface area (Å²) in [7, 11) is 0. The second-order valence-electron chi connectivity index (χ2n) is 13.8. The highest BCUT2D eigenvalue weighted by Gasteiger charge is 2.44. The van der Waals surface area contributed by atoms with E-state index in [1.54, 1.807) is 0 Å². The molecule has 8 rings (SSSR count). The fourth-order valence-corrected chi connectivity index (χ4v) is 7.88. The first kappa shape index (κ1) is 25.7. The summed E-state index contributed by atoms with van der Waals surface area (Å²) in [4.78, 5) is 2.52. The van der Waals surface area contributed by atoms with Gasteiger partial charge in [-0.25, -0.2) is 0 Å². The average Bonchev–Trinajstić information content (AvgIpc) is 3.34. The summed E-state index contributed by atoms with van der Waals surface area (Å²) >= 11 is 1.89. The first-order chi connectivity index (χ1) is 20.1. The predicted molar refractivity (Wildman–Crippen MR) is 182 cm³/mol. The molecule has 6 aromatic rings. The van der Waals surface area contributed by atoms with Crippen LogP contribution in [0.4, 0.5) is 17.1 Å². The summed E-state index contributed by atoms with van der Waals surface area (Å²) in [6, 6.07) is 36.1. The lowest BCUT2D eigenvalue weighted by atomic mass is 9.49. The summed E-state index contributed by atoms with van der Waals surface area (Å²) in [5.41, 5.74) is 11.3. The van der Waals surface area contributed by atoms with Crippen molar-refractivity contribution in [3.05, 3.63) is 108 Å². The van der Waals surface area contributed by atoms with E-state index in [1.807, 2.05) is 11.3 Å². The number of hydrogen-bond donors (Lipinski definition) is 0. The van der Waals surface area contributed by atoms with Crippen LogP contribution in [0.2, 0.25) is 0 Å². The van der Waals surface area contributed by atoms with Gasteiger partial charge in [0.05, 0.1) is 5.69 Å². The number of hydrogen-bond acceptors (Lipinski definition) is 3. The van der Waals surface area contributed by atoms with Gasteiger partial charge in [-0.3, -0.25) is 0 Å². The summed E-state index contributed by atoms with van der Waals surface area (Å²) in [6.07, 6.45) is 0. The van der Waals surface area contributed by atoms with Crippen molar-refractivity contribution in [1.29, 1.82) is 0 Å². The molecule has 2 aliphatic rings. The molecule has 3 heterocycles. The van der Waals surface area contributed by atoms with E-state index < -0.39 is 0 Å². The van der Waals surface area contributed by atoms with Crippen molar-refractivity contribution in [2.45, 2.75) is 52.4 Å². The van der Waals surface area contributed by atoms with Crippen molar-refractivity contribution in [2.24, 2.45) is 0 Å². The van der Waals surface area contributed by atoms with E-state index in [2.05, 4.69) is 144 Å². The molecule has 42 heavy (non-hydrogen) atoms. The highest BCUT2D eigenvalue weighted by Crippen LogP contribution is 2.50. The van der Waals surface area contributed by atoms with Crippen molar-refractivity contribution in [2.75, 3.05) is 4.90 Å². The Morgan fingerprint density at radius 2 is 1.36 bits per heavy atom. The Labute approximate surface area is 252 Å². The lowest BCUT2D eigenvalue weighted by Crippen LogP contribution is -2.56. The van der Waals surface area contributed by atoms with Crippen molar-refractivity contribution < 1.29 is 4.65 Å². The van der Waals surface area contributed by atoms with Gasteiger partial charge in [-0.2, -0.15) is 0 Å². The first-order valence-electron chi connectivity index (χ1n) is 14.9. The zero-order chi connectivity index (χ0) is 29.0. The topological polar surface area (TPSA) is 12.5 Å². The monoisotopic (exact) mass is 563 g/mol. The maximum Gasteiger partial charge on any atom is 0.431 e. The molecule has 206 valence electrons. The van der Waals surface area contributed by atoms with Gasteiger partial charge < -0.3 is 9.55 Å². The van der Waals surface area contributed by atoms with Crippen LogP contribution >= 0.6 is 11.3 Å². The van der Waals surface area contributed by atoms with E-state index >= 15 is 0 Å². The molecule has 4 heteroatoms. The van der Waals surface area contributed by atoms with Crippen LogP contribution < -0.4 is 20.5 Å². The molecule has 0 saturated heterocycles. The van der Waals surface area contributed by atoms with E-state index in [1.165, 1.54) is 70.4 Å². The van der Waals surface area contributed by atoms with Gasteiger partial charge in [-0.05, 0) is 69.4 Å². The molecule has 0 aliphatic carbocycles. The maximum absolute atomic E-state index is 7.00. The van der Waals surface area contributed by atoms with Crippen LogP contribution in [0.3, 0.4) is 0 Å². The number of nitrogens with zero attached hydrogens (tertiary/aromatic N) is 1. The summed E-state index contributed by atoms with van der Waals surface area (Å²) < 4.78 is 9.62. The Kier molecular flexibility index (Phi) is 5.35. The first-order valence-corrected chi connectivity index (χ1v) is 15.7. The number of rotatable bonds is 1. The number of para-hydroxylation sites is 1. The van der Waals surface area contributed by atoms with Crippen LogP contribution in [-0.2, 0) is 10.8 Å². The molecule has 0 unspecified atom stereocenters. The molecule has 0 bridgehead atoms. The third-order valence-electron chi connectivity index (χ3n) is 9.00. The maximum atomic E-state index is 7.00. The molecule has 0 radical (unpaired) electrons. The molecule has 2 aliphatic heterocycles. The van der Waals surface area contributed by atoms with Crippen LogP contribution in [0.5, 0.6) is 5.75 Å². The van der Waals surface area contributed by atoms with Gasteiger partial charge in [0.25, 0.3) is 0 Å². The third kappa shape index (κ3) is 3.71. The zero-order valence-corrected chi connectivity index (χ0v) is 25.9. The van der Waals surface area contributed by atoms with Crippen molar-refractivity contribution >= 4 is 66.4 Å². The molecule has 1 aromatic heterocycles. The van der Waals surface area contributed by atoms with Crippen molar-refractivity contribution in [3.8, 4) is 16.9 Å². The van der Waals surface area contributed by atoms with Gasteiger partial charge in [-0.1, -0.05) is 102 Å². The Hall–Kier alpha value is -4.02. The van der Waals surface area contributed by atoms with Crippen LogP contribution in [0.25, 0.3) is 31.3 Å². The van der Waals surface area contributed by atoms with E-state index in [-0.39, 0.29) is 17.7 Å². The van der Waals surface area contributed by atoms with Gasteiger partial charge in [0.1, 0.15) is 5.75 Å². The standard InChI is InChI=1S/C38H34BNOS/c1-37(2,3)23-15-18-25(19-16-23)40-30-20-17-24(38(4,5)6)21-29(30)39-35-28(26-11-7-9-13-31(26)41-39)22-33-34(36(35)40)27-12-8-10-14-32(27)42-33/h7-22H,1-6H3. The van der Waals surface area contributed by atoms with Gasteiger partial charge in [0.15, 0.2) is 0 Å². The molecule has 2 nitrogen and oxygen atoms in total. The minimum Gasteiger partial charge on any atom is -0.551 e. The summed E-state index contributed by atoms with van der Waals surface area (Å²) in [5, 5.41) is 2.62. The lowest BCUT2D eigenvalue weighted by Gasteiger charge is -2.41. The molecule has 0 amide bonds. The molecule has 0 spiro atoms. The van der Waals surface area contributed by atoms with E-state index in [0.29, 0.717) is 0 Å². The molecule has 0 fully saturated rings. The highest BCUT2D eigenvalue weighted by atomic mass is 32.1. The minimum atomic E-state index is -0.185. The van der Waals surface area contributed by atoms with Gasteiger partial charge in [0, 0.05) is 42.6 Å². The third-order valence-corrected chi connectivity index (χ3v) is 10.1. The number of fused-ring (bicyclic) bond motifs is 8. The van der Waals surface area contributed by atoms with Gasteiger partial charge >= 0.3 is 6.92 Å². The average molecular weight is 564 g/mol. The Balaban J connectivity index is 1.52. The fourth-order valence-electron chi connectivity index (χ4n) is 6.73. The quantitative estimate of drug-likeness (QED) is 0.185. The van der Waals surface area contributed by atoms with Crippen molar-refractivity contribution in [3.63, 3.8) is 0 Å². The van der Waals surface area contributed by atoms with Crippen molar-refractivity contribution in [1.82, 2.24) is 0 Å². The van der Waals surface area contributed by atoms with Crippen LogP contribution in [0, 0.1) is 0 Å². The van der Waals surface area contributed by atoms with E-state index in [0.717, 1.165) is 5.75 Å². The Morgan fingerprint density at radius 3 is 2.12 bits per heavy atom. The SMILES string of the molecule is CC(C)(C)c1ccc(N2c3ccc(C(C)(C)C)cc3B3Oc4ccccc4-c4cc5sc6ccccc6c5c2c43)cc1. The second-order valence-corrected chi connectivity index (χ2v) is 14.9. The summed E-state index contributed by atoms with van der Waals surface area (Å²) in [6.45, 7) is 13.5.